The zero-order valence-corrected chi connectivity index (χ0v) is 12.7. The molecule has 0 saturated carbocycles. The first-order chi connectivity index (χ1) is 10.3. The van der Waals surface area contributed by atoms with Crippen molar-refractivity contribution in [2.45, 2.75) is 31.4 Å². The van der Waals surface area contributed by atoms with Gasteiger partial charge in [-0.05, 0) is 31.1 Å². The summed E-state index contributed by atoms with van der Waals surface area (Å²) in [6.07, 6.45) is 5.63. The smallest absolute Gasteiger partial charge is 0.257 e. The fourth-order valence-electron chi connectivity index (χ4n) is 2.88. The van der Waals surface area contributed by atoms with E-state index in [-0.39, 0.29) is 23.6 Å². The Labute approximate surface area is 128 Å². The Bertz CT molecular complexity index is 502. The van der Waals surface area contributed by atoms with Crippen LogP contribution in [0, 0.1) is 5.82 Å². The van der Waals surface area contributed by atoms with E-state index in [1.54, 1.807) is 0 Å². The fourth-order valence-corrected chi connectivity index (χ4v) is 4.10. The van der Waals surface area contributed by atoms with Crippen molar-refractivity contribution in [3.8, 4) is 0 Å². The van der Waals surface area contributed by atoms with E-state index < -0.39 is 5.82 Å². The molecule has 1 amide bonds. The highest BCUT2D eigenvalue weighted by Crippen LogP contribution is 2.26. The Kier molecular flexibility index (Phi) is 4.75. The molecule has 0 radical (unpaired) electrons. The van der Waals surface area contributed by atoms with E-state index in [9.17, 15) is 9.18 Å². The SMILES string of the molecule is O=C(c1ccncc1F)N(CC1CCCO1)C1CCSC1. The number of aromatic nitrogens is 1. The summed E-state index contributed by atoms with van der Waals surface area (Å²) < 4.78 is 19.5. The van der Waals surface area contributed by atoms with Crippen LogP contribution in [0.4, 0.5) is 4.39 Å². The summed E-state index contributed by atoms with van der Waals surface area (Å²) in [6, 6.07) is 1.64. The van der Waals surface area contributed by atoms with E-state index in [0.717, 1.165) is 43.6 Å². The lowest BCUT2D eigenvalue weighted by Gasteiger charge is -2.30. The number of ether oxygens (including phenoxy) is 1. The molecule has 3 heterocycles. The summed E-state index contributed by atoms with van der Waals surface area (Å²) >= 11 is 1.84. The summed E-state index contributed by atoms with van der Waals surface area (Å²) in [5.74, 6) is 1.19. The van der Waals surface area contributed by atoms with Crippen LogP contribution in [0.15, 0.2) is 18.5 Å². The molecule has 0 spiro atoms. The first kappa shape index (κ1) is 14.8. The van der Waals surface area contributed by atoms with Gasteiger partial charge in [-0.15, -0.1) is 0 Å². The molecule has 2 aliphatic heterocycles. The summed E-state index contributed by atoms with van der Waals surface area (Å²) in [5.41, 5.74) is 0.111. The topological polar surface area (TPSA) is 42.4 Å². The number of amides is 1. The van der Waals surface area contributed by atoms with Crippen molar-refractivity contribution in [2.24, 2.45) is 0 Å². The summed E-state index contributed by atoms with van der Waals surface area (Å²) in [4.78, 5) is 18.3. The molecular formula is C15H19FN2O2S. The molecule has 114 valence electrons. The Morgan fingerprint density at radius 3 is 3.10 bits per heavy atom. The van der Waals surface area contributed by atoms with Crippen molar-refractivity contribution < 1.29 is 13.9 Å². The second-order valence-corrected chi connectivity index (χ2v) is 6.62. The number of halogens is 1. The van der Waals surface area contributed by atoms with E-state index in [1.807, 2.05) is 16.7 Å². The average molecular weight is 310 g/mol. The predicted molar refractivity (Wildman–Crippen MR) is 79.9 cm³/mol. The van der Waals surface area contributed by atoms with E-state index >= 15 is 0 Å². The van der Waals surface area contributed by atoms with Crippen molar-refractivity contribution in [1.82, 2.24) is 9.88 Å². The molecule has 1 aromatic rings. The molecule has 3 rings (SSSR count). The molecule has 6 heteroatoms. The van der Waals surface area contributed by atoms with Gasteiger partial charge >= 0.3 is 0 Å². The molecule has 0 N–H and O–H groups in total. The number of hydrogen-bond acceptors (Lipinski definition) is 4. The Morgan fingerprint density at radius 2 is 2.43 bits per heavy atom. The molecule has 21 heavy (non-hydrogen) atoms. The summed E-state index contributed by atoms with van der Waals surface area (Å²) in [6.45, 7) is 1.32. The molecule has 2 aliphatic rings. The van der Waals surface area contributed by atoms with E-state index in [0.29, 0.717) is 6.54 Å². The minimum absolute atomic E-state index is 0.0875. The predicted octanol–water partition coefficient (Wildman–Crippen LogP) is 2.35. The maximum Gasteiger partial charge on any atom is 0.257 e. The number of nitrogens with zero attached hydrogens (tertiary/aromatic N) is 2. The molecule has 1 aromatic heterocycles. The zero-order valence-electron chi connectivity index (χ0n) is 11.8. The lowest BCUT2D eigenvalue weighted by atomic mass is 10.1. The van der Waals surface area contributed by atoms with E-state index in [4.69, 9.17) is 4.74 Å². The van der Waals surface area contributed by atoms with Crippen LogP contribution in [-0.2, 0) is 4.74 Å². The van der Waals surface area contributed by atoms with Crippen LogP contribution in [0.25, 0.3) is 0 Å². The minimum atomic E-state index is -0.550. The number of hydrogen-bond donors (Lipinski definition) is 0. The van der Waals surface area contributed by atoms with Gasteiger partial charge in [0.1, 0.15) is 0 Å². The number of carbonyl (C=O) groups is 1. The van der Waals surface area contributed by atoms with Gasteiger partial charge in [-0.25, -0.2) is 4.39 Å². The van der Waals surface area contributed by atoms with Crippen molar-refractivity contribution in [1.29, 1.82) is 0 Å². The third kappa shape index (κ3) is 3.37. The number of pyridine rings is 1. The van der Waals surface area contributed by atoms with E-state index in [1.165, 1.54) is 12.3 Å². The summed E-state index contributed by atoms with van der Waals surface area (Å²) in [7, 11) is 0. The van der Waals surface area contributed by atoms with Crippen molar-refractivity contribution in [3.05, 3.63) is 29.8 Å². The summed E-state index contributed by atoms with van der Waals surface area (Å²) in [5, 5.41) is 0. The van der Waals surface area contributed by atoms with Crippen molar-refractivity contribution in [3.63, 3.8) is 0 Å². The first-order valence-corrected chi connectivity index (χ1v) is 8.51. The van der Waals surface area contributed by atoms with Gasteiger partial charge in [-0.1, -0.05) is 0 Å². The third-order valence-corrected chi connectivity index (χ3v) is 5.18. The van der Waals surface area contributed by atoms with Crippen LogP contribution in [0.3, 0.4) is 0 Å². The van der Waals surface area contributed by atoms with Crippen LogP contribution < -0.4 is 0 Å². The normalized spacial score (nSPS) is 25.2. The highest BCUT2D eigenvalue weighted by Gasteiger charge is 2.32. The van der Waals surface area contributed by atoms with Gasteiger partial charge in [0.15, 0.2) is 5.82 Å². The maximum absolute atomic E-state index is 13.9. The Hall–Kier alpha value is -1.14. The quantitative estimate of drug-likeness (QED) is 0.856. The minimum Gasteiger partial charge on any atom is -0.376 e. The van der Waals surface area contributed by atoms with Gasteiger partial charge in [-0.3, -0.25) is 9.78 Å². The molecule has 2 unspecified atom stereocenters. The van der Waals surface area contributed by atoms with Crippen molar-refractivity contribution >= 4 is 17.7 Å². The fraction of sp³-hybridized carbons (Fsp3) is 0.600. The van der Waals surface area contributed by atoms with Crippen LogP contribution in [0.2, 0.25) is 0 Å². The van der Waals surface area contributed by atoms with Gasteiger partial charge < -0.3 is 9.64 Å². The lowest BCUT2D eigenvalue weighted by molar-refractivity contribution is 0.0438. The zero-order chi connectivity index (χ0) is 14.7. The molecule has 0 aromatic carbocycles. The van der Waals surface area contributed by atoms with Crippen LogP contribution >= 0.6 is 11.8 Å². The largest absolute Gasteiger partial charge is 0.376 e. The van der Waals surface area contributed by atoms with Gasteiger partial charge in [-0.2, -0.15) is 11.8 Å². The molecule has 2 fully saturated rings. The second kappa shape index (κ2) is 6.75. The molecule has 0 aliphatic carbocycles. The number of rotatable bonds is 4. The van der Waals surface area contributed by atoms with Crippen LogP contribution in [0.5, 0.6) is 0 Å². The second-order valence-electron chi connectivity index (χ2n) is 5.47. The van der Waals surface area contributed by atoms with Crippen LogP contribution in [-0.4, -0.2) is 52.6 Å². The number of carbonyl (C=O) groups excluding carboxylic acids is 1. The van der Waals surface area contributed by atoms with Gasteiger partial charge in [0, 0.05) is 31.1 Å². The first-order valence-electron chi connectivity index (χ1n) is 7.35. The standard InChI is InChI=1S/C15H19FN2O2S/c16-14-8-17-5-3-13(14)15(19)18(11-4-7-21-10-11)9-12-2-1-6-20-12/h3,5,8,11-12H,1-2,4,6-7,9-10H2. The third-order valence-electron chi connectivity index (χ3n) is 4.03. The molecule has 2 saturated heterocycles. The molecule has 2 atom stereocenters. The highest BCUT2D eigenvalue weighted by atomic mass is 32.2. The Morgan fingerprint density at radius 1 is 1.52 bits per heavy atom. The monoisotopic (exact) mass is 310 g/mol. The van der Waals surface area contributed by atoms with Gasteiger partial charge in [0.25, 0.3) is 5.91 Å². The van der Waals surface area contributed by atoms with E-state index in [2.05, 4.69) is 4.98 Å². The lowest BCUT2D eigenvalue weighted by Crippen LogP contribution is -2.45. The van der Waals surface area contributed by atoms with Crippen LogP contribution in [0.1, 0.15) is 29.6 Å². The van der Waals surface area contributed by atoms with Gasteiger partial charge in [0.2, 0.25) is 0 Å². The highest BCUT2D eigenvalue weighted by molar-refractivity contribution is 7.99. The molecule has 4 nitrogen and oxygen atoms in total. The van der Waals surface area contributed by atoms with Gasteiger partial charge in [0.05, 0.1) is 17.9 Å². The number of thioether (sulfide) groups is 1. The maximum atomic E-state index is 13.9. The van der Waals surface area contributed by atoms with Crippen molar-refractivity contribution in [2.75, 3.05) is 24.7 Å². The molecular weight excluding hydrogens is 291 g/mol. The molecule has 0 bridgehead atoms. The average Bonchev–Trinajstić information content (AvgIpc) is 3.18. The Balaban J connectivity index is 1.79.